The summed E-state index contributed by atoms with van der Waals surface area (Å²) in [7, 11) is 0. The Morgan fingerprint density at radius 3 is 2.82 bits per heavy atom. The van der Waals surface area contributed by atoms with Crippen LogP contribution in [0.2, 0.25) is 0 Å². The van der Waals surface area contributed by atoms with Gasteiger partial charge in [0.05, 0.1) is 4.92 Å². The van der Waals surface area contributed by atoms with E-state index in [0.29, 0.717) is 5.69 Å². The number of aromatic nitrogens is 1. The van der Waals surface area contributed by atoms with Gasteiger partial charge in [-0.05, 0) is 12.1 Å². The van der Waals surface area contributed by atoms with Crippen LogP contribution in [-0.2, 0) is 0 Å². The fraction of sp³-hybridized carbons (Fsp3) is 0. The lowest BCUT2D eigenvalue weighted by Crippen LogP contribution is -1.82. The van der Waals surface area contributed by atoms with Crippen LogP contribution in [-0.4, -0.2) is 9.91 Å². The molecule has 11 heavy (non-hydrogen) atoms. The summed E-state index contributed by atoms with van der Waals surface area (Å²) < 4.78 is 12.2. The van der Waals surface area contributed by atoms with Crippen LogP contribution in [0.3, 0.4) is 0 Å². The molecule has 0 aliphatic heterocycles. The second-order valence-corrected chi connectivity index (χ2v) is 1.86. The summed E-state index contributed by atoms with van der Waals surface area (Å²) in [4.78, 5) is 11.5. The highest BCUT2D eigenvalue weighted by molar-refractivity contribution is 5.42. The monoisotopic (exact) mass is 156 g/mol. The summed E-state index contributed by atoms with van der Waals surface area (Å²) in [6.45, 7) is 0. The minimum absolute atomic E-state index is 0.374. The number of halogens is 1. The van der Waals surface area contributed by atoms with Crippen molar-refractivity contribution in [3.05, 3.63) is 40.1 Å². The highest BCUT2D eigenvalue weighted by Crippen LogP contribution is 2.01. The third kappa shape index (κ3) is 2.21. The molecule has 1 rings (SSSR count). The summed E-state index contributed by atoms with van der Waals surface area (Å²) in [5.41, 5.74) is 0.374. The largest absolute Gasteiger partial charge is 0.332 e. The lowest BCUT2D eigenvalue weighted by Gasteiger charge is -1.80. The molecule has 1 N–H and O–H groups in total. The summed E-state index contributed by atoms with van der Waals surface area (Å²) >= 11 is 0. The van der Waals surface area contributed by atoms with Gasteiger partial charge < -0.3 is 4.98 Å². The van der Waals surface area contributed by atoms with Crippen molar-refractivity contribution in [2.24, 2.45) is 0 Å². The minimum atomic E-state index is -0.612. The molecule has 0 aromatic carbocycles. The number of nitrogens with one attached hydrogen (secondary N) is 1. The fourth-order valence-corrected chi connectivity index (χ4v) is 0.623. The number of nitro groups is 1. The van der Waals surface area contributed by atoms with E-state index in [1.165, 1.54) is 18.2 Å². The zero-order valence-electron chi connectivity index (χ0n) is 5.45. The van der Waals surface area contributed by atoms with E-state index in [-0.39, 0.29) is 0 Å². The molecule has 58 valence electrons. The molecule has 0 radical (unpaired) electrons. The van der Waals surface area contributed by atoms with Crippen molar-refractivity contribution in [1.29, 1.82) is 0 Å². The highest BCUT2D eigenvalue weighted by atomic mass is 19.1. The van der Waals surface area contributed by atoms with Crippen LogP contribution >= 0.6 is 0 Å². The van der Waals surface area contributed by atoms with E-state index in [1.54, 1.807) is 0 Å². The van der Waals surface area contributed by atoms with Crippen LogP contribution in [0.5, 0.6) is 0 Å². The quantitative estimate of drug-likeness (QED) is 0.519. The van der Waals surface area contributed by atoms with Gasteiger partial charge in [-0.1, -0.05) is 0 Å². The summed E-state index contributed by atoms with van der Waals surface area (Å²) in [6, 6.07) is 2.61. The van der Waals surface area contributed by atoms with E-state index in [1.807, 2.05) is 0 Å². The molecule has 0 atom stereocenters. The fourth-order valence-electron chi connectivity index (χ4n) is 0.623. The maximum atomic E-state index is 12.2. The Hall–Kier alpha value is -1.65. The number of hydrogen-bond acceptors (Lipinski definition) is 2. The molecule has 0 amide bonds. The Morgan fingerprint density at radius 2 is 2.36 bits per heavy atom. The second-order valence-electron chi connectivity index (χ2n) is 1.86. The molecule has 5 heteroatoms. The Bertz CT molecular complexity index is 293. The van der Waals surface area contributed by atoms with Crippen LogP contribution < -0.4 is 0 Å². The van der Waals surface area contributed by atoms with Crippen molar-refractivity contribution in [1.82, 2.24) is 4.98 Å². The topological polar surface area (TPSA) is 58.9 Å². The Morgan fingerprint density at radius 1 is 1.64 bits per heavy atom. The lowest BCUT2D eigenvalue weighted by molar-refractivity contribution is -0.401. The molecular formula is C6H5FN2O2. The smallest absolute Gasteiger partial charge is 0.236 e. The molecule has 1 aromatic heterocycles. The van der Waals surface area contributed by atoms with Crippen LogP contribution in [0.15, 0.2) is 18.3 Å². The number of rotatable bonds is 2. The van der Waals surface area contributed by atoms with Crippen molar-refractivity contribution < 1.29 is 9.31 Å². The maximum Gasteiger partial charge on any atom is 0.236 e. The molecule has 0 fully saturated rings. The molecule has 0 saturated carbocycles. The zero-order valence-corrected chi connectivity index (χ0v) is 5.45. The van der Waals surface area contributed by atoms with E-state index in [4.69, 9.17) is 0 Å². The van der Waals surface area contributed by atoms with E-state index in [2.05, 4.69) is 4.98 Å². The summed E-state index contributed by atoms with van der Waals surface area (Å²) in [5.74, 6) is -0.506. The van der Waals surface area contributed by atoms with Gasteiger partial charge in [0.2, 0.25) is 6.20 Å². The summed E-state index contributed by atoms with van der Waals surface area (Å²) in [6.07, 6.45) is 1.92. The van der Waals surface area contributed by atoms with Crippen LogP contribution in [0.25, 0.3) is 6.08 Å². The van der Waals surface area contributed by atoms with Crippen molar-refractivity contribution in [2.45, 2.75) is 0 Å². The van der Waals surface area contributed by atoms with E-state index >= 15 is 0 Å². The van der Waals surface area contributed by atoms with Gasteiger partial charge in [0.1, 0.15) is 0 Å². The van der Waals surface area contributed by atoms with Gasteiger partial charge in [-0.3, -0.25) is 10.1 Å². The van der Waals surface area contributed by atoms with Crippen molar-refractivity contribution in [3.63, 3.8) is 0 Å². The van der Waals surface area contributed by atoms with E-state index in [9.17, 15) is 14.5 Å². The Labute approximate surface area is 61.5 Å². The standard InChI is InChI=1S/C6H5FN2O2/c7-6-2-1-5(8-6)3-4-9(10)11/h1-4,8H. The number of hydrogen-bond donors (Lipinski definition) is 1. The molecular weight excluding hydrogens is 151 g/mol. The number of nitrogens with zero attached hydrogens (tertiary/aromatic N) is 1. The predicted molar refractivity (Wildman–Crippen MR) is 36.8 cm³/mol. The molecule has 0 aliphatic rings. The maximum absolute atomic E-state index is 12.2. The van der Waals surface area contributed by atoms with E-state index in [0.717, 1.165) is 6.20 Å². The number of aromatic amines is 1. The first-order valence-corrected chi connectivity index (χ1v) is 2.85. The third-order valence-corrected chi connectivity index (χ3v) is 1.05. The molecule has 0 saturated heterocycles. The van der Waals surface area contributed by atoms with Gasteiger partial charge in [0.15, 0.2) is 5.95 Å². The molecule has 1 heterocycles. The van der Waals surface area contributed by atoms with E-state index < -0.39 is 10.9 Å². The van der Waals surface area contributed by atoms with Crippen LogP contribution in [0.1, 0.15) is 5.69 Å². The van der Waals surface area contributed by atoms with Gasteiger partial charge >= 0.3 is 0 Å². The van der Waals surface area contributed by atoms with Crippen molar-refractivity contribution >= 4 is 6.08 Å². The average Bonchev–Trinajstić information content (AvgIpc) is 2.31. The average molecular weight is 156 g/mol. The highest BCUT2D eigenvalue weighted by Gasteiger charge is 1.93. The zero-order chi connectivity index (χ0) is 8.27. The van der Waals surface area contributed by atoms with Gasteiger partial charge in [-0.2, -0.15) is 4.39 Å². The summed E-state index contributed by atoms with van der Waals surface area (Å²) in [5, 5.41) is 9.79. The van der Waals surface area contributed by atoms with Crippen molar-refractivity contribution in [3.8, 4) is 0 Å². The normalized spacial score (nSPS) is 10.6. The van der Waals surface area contributed by atoms with Crippen LogP contribution in [0, 0.1) is 16.1 Å². The predicted octanol–water partition coefficient (Wildman–Crippen LogP) is 1.40. The first-order valence-electron chi connectivity index (χ1n) is 2.85. The first kappa shape index (κ1) is 7.46. The second kappa shape index (κ2) is 2.96. The van der Waals surface area contributed by atoms with Gasteiger partial charge in [-0.25, -0.2) is 0 Å². The van der Waals surface area contributed by atoms with Crippen molar-refractivity contribution in [2.75, 3.05) is 0 Å². The number of H-pyrrole nitrogens is 1. The molecule has 0 spiro atoms. The SMILES string of the molecule is O=[N+]([O-])C=Cc1ccc(F)[nH]1. The van der Waals surface area contributed by atoms with Gasteiger partial charge in [0.25, 0.3) is 0 Å². The first-order chi connectivity index (χ1) is 5.18. The molecule has 1 aromatic rings. The Balaban J connectivity index is 2.71. The molecule has 0 aliphatic carbocycles. The molecule has 0 bridgehead atoms. The minimum Gasteiger partial charge on any atom is -0.332 e. The third-order valence-electron chi connectivity index (χ3n) is 1.05. The molecule has 4 nitrogen and oxygen atoms in total. The van der Waals surface area contributed by atoms with Gasteiger partial charge in [-0.15, -0.1) is 0 Å². The Kier molecular flexibility index (Phi) is 2.00. The lowest BCUT2D eigenvalue weighted by atomic mass is 10.4. The molecule has 0 unspecified atom stereocenters. The van der Waals surface area contributed by atoms with Gasteiger partial charge in [0, 0.05) is 11.8 Å². The van der Waals surface area contributed by atoms with Crippen LogP contribution in [0.4, 0.5) is 4.39 Å².